The summed E-state index contributed by atoms with van der Waals surface area (Å²) in [6.45, 7) is 2.40. The number of nitro groups is 1. The van der Waals surface area contributed by atoms with Crippen molar-refractivity contribution in [1.29, 1.82) is 0 Å². The molecule has 2 fully saturated rings. The van der Waals surface area contributed by atoms with Crippen LogP contribution < -0.4 is 5.32 Å². The van der Waals surface area contributed by atoms with Crippen molar-refractivity contribution < 1.29 is 4.92 Å². The van der Waals surface area contributed by atoms with Crippen molar-refractivity contribution in [2.24, 2.45) is 0 Å². The van der Waals surface area contributed by atoms with E-state index in [2.05, 4.69) is 10.2 Å². The maximum absolute atomic E-state index is 10.6. The first-order valence-corrected chi connectivity index (χ1v) is 6.49. The number of fused-ring (bicyclic) bond motifs is 1. The first kappa shape index (κ1) is 11.5. The summed E-state index contributed by atoms with van der Waals surface area (Å²) in [5.41, 5.74) is 1.13. The Hall–Kier alpha value is -1.62. The molecule has 18 heavy (non-hydrogen) atoms. The highest BCUT2D eigenvalue weighted by Gasteiger charge is 2.36. The molecule has 5 heteroatoms. The molecule has 0 radical (unpaired) electrons. The Labute approximate surface area is 106 Å². The largest absolute Gasteiger partial charge is 0.381 e. The summed E-state index contributed by atoms with van der Waals surface area (Å²) in [5.74, 6) is 0. The van der Waals surface area contributed by atoms with Gasteiger partial charge in [-0.05, 0) is 37.9 Å². The Bertz CT molecular complexity index is 446. The minimum atomic E-state index is -0.363. The summed E-state index contributed by atoms with van der Waals surface area (Å²) in [5, 5.41) is 14.1. The molecule has 96 valence electrons. The van der Waals surface area contributed by atoms with E-state index in [1.54, 1.807) is 24.3 Å². The van der Waals surface area contributed by atoms with Gasteiger partial charge in [-0.1, -0.05) is 0 Å². The Balaban J connectivity index is 1.67. The molecular formula is C13H17N3O2. The fraction of sp³-hybridized carbons (Fsp3) is 0.538. The zero-order valence-corrected chi connectivity index (χ0v) is 10.2. The van der Waals surface area contributed by atoms with Crippen molar-refractivity contribution in [2.45, 2.75) is 31.3 Å². The number of hydrogen-bond acceptors (Lipinski definition) is 4. The quantitative estimate of drug-likeness (QED) is 0.657. The number of nitro benzene ring substituents is 1. The summed E-state index contributed by atoms with van der Waals surface area (Å²) >= 11 is 0. The van der Waals surface area contributed by atoms with Gasteiger partial charge in [0.25, 0.3) is 5.69 Å². The number of rotatable bonds is 3. The molecule has 0 aromatic heterocycles. The van der Waals surface area contributed by atoms with E-state index in [0.29, 0.717) is 12.1 Å². The number of benzene rings is 1. The monoisotopic (exact) mass is 247 g/mol. The lowest BCUT2D eigenvalue weighted by Gasteiger charge is -2.22. The molecular weight excluding hydrogens is 230 g/mol. The standard InChI is InChI=1S/C13H17N3O2/c17-16(18)11-5-3-10(4-6-11)14-12-7-9-15-8-1-2-13(12)15/h3-6,12-14H,1-2,7-9H2. The lowest BCUT2D eigenvalue weighted by Crippen LogP contribution is -2.33. The predicted molar refractivity (Wildman–Crippen MR) is 69.7 cm³/mol. The lowest BCUT2D eigenvalue weighted by atomic mass is 10.1. The van der Waals surface area contributed by atoms with Gasteiger partial charge in [-0.2, -0.15) is 0 Å². The first-order chi connectivity index (χ1) is 8.74. The maximum Gasteiger partial charge on any atom is 0.269 e. The van der Waals surface area contributed by atoms with Crippen LogP contribution in [0.2, 0.25) is 0 Å². The summed E-state index contributed by atoms with van der Waals surface area (Å²) < 4.78 is 0. The van der Waals surface area contributed by atoms with Gasteiger partial charge < -0.3 is 5.32 Å². The molecule has 2 saturated heterocycles. The minimum Gasteiger partial charge on any atom is -0.381 e. The summed E-state index contributed by atoms with van der Waals surface area (Å²) in [4.78, 5) is 12.8. The zero-order valence-electron chi connectivity index (χ0n) is 10.2. The third-order valence-electron chi connectivity index (χ3n) is 4.04. The topological polar surface area (TPSA) is 58.4 Å². The van der Waals surface area contributed by atoms with E-state index < -0.39 is 0 Å². The van der Waals surface area contributed by atoms with E-state index >= 15 is 0 Å². The normalized spacial score (nSPS) is 27.1. The third kappa shape index (κ3) is 2.06. The molecule has 1 N–H and O–H groups in total. The van der Waals surface area contributed by atoms with Crippen molar-refractivity contribution in [3.63, 3.8) is 0 Å². The van der Waals surface area contributed by atoms with Crippen LogP contribution in [0.3, 0.4) is 0 Å². The third-order valence-corrected chi connectivity index (χ3v) is 4.04. The Morgan fingerprint density at radius 1 is 1.22 bits per heavy atom. The molecule has 2 heterocycles. The van der Waals surface area contributed by atoms with Crippen LogP contribution in [0.15, 0.2) is 24.3 Å². The van der Waals surface area contributed by atoms with Gasteiger partial charge in [0, 0.05) is 36.4 Å². The van der Waals surface area contributed by atoms with Gasteiger partial charge in [-0.3, -0.25) is 15.0 Å². The van der Waals surface area contributed by atoms with E-state index in [-0.39, 0.29) is 10.6 Å². The summed E-state index contributed by atoms with van der Waals surface area (Å²) in [6.07, 6.45) is 3.73. The molecule has 0 spiro atoms. The van der Waals surface area contributed by atoms with Crippen LogP contribution in [0.5, 0.6) is 0 Å². The molecule has 1 aromatic rings. The van der Waals surface area contributed by atoms with Crippen LogP contribution >= 0.6 is 0 Å². The van der Waals surface area contributed by atoms with E-state index in [9.17, 15) is 10.1 Å². The average Bonchev–Trinajstić information content (AvgIpc) is 2.95. The fourth-order valence-electron chi connectivity index (χ4n) is 3.14. The van der Waals surface area contributed by atoms with Crippen LogP contribution in [-0.4, -0.2) is 35.0 Å². The van der Waals surface area contributed by atoms with Crippen LogP contribution in [0.4, 0.5) is 11.4 Å². The van der Waals surface area contributed by atoms with E-state index in [4.69, 9.17) is 0 Å². The van der Waals surface area contributed by atoms with Gasteiger partial charge in [-0.25, -0.2) is 0 Å². The van der Waals surface area contributed by atoms with Crippen molar-refractivity contribution >= 4 is 11.4 Å². The molecule has 2 aliphatic heterocycles. The number of nitrogens with one attached hydrogen (secondary N) is 1. The van der Waals surface area contributed by atoms with Crippen LogP contribution in [0.1, 0.15) is 19.3 Å². The highest BCUT2D eigenvalue weighted by atomic mass is 16.6. The number of nitrogens with zero attached hydrogens (tertiary/aromatic N) is 2. The molecule has 5 nitrogen and oxygen atoms in total. The second-order valence-electron chi connectivity index (χ2n) is 5.09. The Kier molecular flexibility index (Phi) is 2.91. The van der Waals surface area contributed by atoms with Gasteiger partial charge in [-0.15, -0.1) is 0 Å². The fourth-order valence-corrected chi connectivity index (χ4v) is 3.14. The van der Waals surface area contributed by atoms with Crippen molar-refractivity contribution in [1.82, 2.24) is 4.90 Å². The molecule has 0 aliphatic carbocycles. The summed E-state index contributed by atoms with van der Waals surface area (Å²) in [6, 6.07) is 7.87. The van der Waals surface area contributed by atoms with Gasteiger partial charge in [0.2, 0.25) is 0 Å². The van der Waals surface area contributed by atoms with E-state index in [0.717, 1.165) is 5.69 Å². The smallest absolute Gasteiger partial charge is 0.269 e. The Morgan fingerprint density at radius 2 is 2.00 bits per heavy atom. The number of non-ortho nitro benzene ring substituents is 1. The van der Waals surface area contributed by atoms with Gasteiger partial charge in [0.1, 0.15) is 0 Å². The minimum absolute atomic E-state index is 0.148. The zero-order chi connectivity index (χ0) is 12.5. The van der Waals surface area contributed by atoms with Crippen LogP contribution in [0.25, 0.3) is 0 Å². The second-order valence-corrected chi connectivity index (χ2v) is 5.09. The average molecular weight is 247 g/mol. The molecule has 2 aliphatic rings. The molecule has 0 saturated carbocycles. The molecule has 0 bridgehead atoms. The second kappa shape index (κ2) is 4.57. The number of anilines is 1. The number of hydrogen-bond donors (Lipinski definition) is 1. The lowest BCUT2D eigenvalue weighted by molar-refractivity contribution is -0.384. The molecule has 2 unspecified atom stereocenters. The van der Waals surface area contributed by atoms with Crippen molar-refractivity contribution in [2.75, 3.05) is 18.4 Å². The van der Waals surface area contributed by atoms with Crippen molar-refractivity contribution in [3.8, 4) is 0 Å². The first-order valence-electron chi connectivity index (χ1n) is 6.49. The highest BCUT2D eigenvalue weighted by Crippen LogP contribution is 2.30. The van der Waals surface area contributed by atoms with Crippen LogP contribution in [-0.2, 0) is 0 Å². The molecule has 1 aromatic carbocycles. The van der Waals surface area contributed by atoms with Gasteiger partial charge in [0.05, 0.1) is 4.92 Å². The van der Waals surface area contributed by atoms with Gasteiger partial charge in [0.15, 0.2) is 0 Å². The van der Waals surface area contributed by atoms with Crippen LogP contribution in [0, 0.1) is 10.1 Å². The summed E-state index contributed by atoms with van der Waals surface area (Å²) in [7, 11) is 0. The Morgan fingerprint density at radius 3 is 2.72 bits per heavy atom. The van der Waals surface area contributed by atoms with E-state index in [1.807, 2.05) is 0 Å². The van der Waals surface area contributed by atoms with Gasteiger partial charge >= 0.3 is 0 Å². The molecule has 3 rings (SSSR count). The maximum atomic E-state index is 10.6. The highest BCUT2D eigenvalue weighted by molar-refractivity contribution is 5.49. The predicted octanol–water partition coefficient (Wildman–Crippen LogP) is 2.24. The van der Waals surface area contributed by atoms with Crippen molar-refractivity contribution in [3.05, 3.63) is 34.4 Å². The SMILES string of the molecule is O=[N+]([O-])c1ccc(NC2CCN3CCCC23)cc1. The molecule has 0 amide bonds. The van der Waals surface area contributed by atoms with E-state index in [1.165, 1.54) is 32.4 Å². The molecule has 2 atom stereocenters.